The third kappa shape index (κ3) is 3.32. The van der Waals surface area contributed by atoms with Crippen LogP contribution >= 0.6 is 0 Å². The van der Waals surface area contributed by atoms with Crippen LogP contribution in [0, 0.1) is 12.8 Å². The first kappa shape index (κ1) is 14.4. The van der Waals surface area contributed by atoms with Crippen LogP contribution in [0.4, 0.5) is 0 Å². The molecule has 1 aromatic heterocycles. The second-order valence-corrected chi connectivity index (χ2v) is 5.48. The number of nitrogens with one attached hydrogen (secondary N) is 1. The number of nitrogens with two attached hydrogens (primary N) is 1. The van der Waals surface area contributed by atoms with Gasteiger partial charge in [-0.25, -0.2) is 0 Å². The van der Waals surface area contributed by atoms with Crippen molar-refractivity contribution in [1.29, 1.82) is 0 Å². The third-order valence-corrected chi connectivity index (χ3v) is 4.31. The molecule has 0 bridgehead atoms. The van der Waals surface area contributed by atoms with Gasteiger partial charge in [-0.3, -0.25) is 16.3 Å². The Morgan fingerprint density at radius 1 is 1.37 bits per heavy atom. The van der Waals surface area contributed by atoms with Crippen LogP contribution in [-0.2, 0) is 4.74 Å². The maximum Gasteiger partial charge on any atom is 0.0807 e. The number of pyridine rings is 1. The van der Waals surface area contributed by atoms with Crippen molar-refractivity contribution in [1.82, 2.24) is 10.4 Å². The van der Waals surface area contributed by atoms with Crippen molar-refractivity contribution in [3.63, 3.8) is 0 Å². The van der Waals surface area contributed by atoms with Crippen LogP contribution < -0.4 is 11.3 Å². The van der Waals surface area contributed by atoms with Gasteiger partial charge >= 0.3 is 0 Å². The monoisotopic (exact) mass is 263 g/mol. The highest BCUT2D eigenvalue weighted by Crippen LogP contribution is 2.34. The minimum atomic E-state index is 0.0156. The van der Waals surface area contributed by atoms with E-state index in [4.69, 9.17) is 10.6 Å². The molecule has 0 saturated heterocycles. The number of hydrazine groups is 1. The van der Waals surface area contributed by atoms with Crippen LogP contribution in [0.15, 0.2) is 18.5 Å². The van der Waals surface area contributed by atoms with Crippen molar-refractivity contribution < 1.29 is 4.74 Å². The van der Waals surface area contributed by atoms with E-state index in [0.717, 1.165) is 5.56 Å². The number of nitrogens with zero attached hydrogens (tertiary/aromatic N) is 1. The Morgan fingerprint density at radius 3 is 2.68 bits per heavy atom. The molecule has 1 aromatic rings. The minimum absolute atomic E-state index is 0.0156. The van der Waals surface area contributed by atoms with Gasteiger partial charge in [-0.1, -0.05) is 19.3 Å². The molecule has 0 aromatic carbocycles. The Hall–Kier alpha value is -0.970. The van der Waals surface area contributed by atoms with Crippen LogP contribution in [0.5, 0.6) is 0 Å². The number of aryl methyl sites for hydroxylation is 1. The highest BCUT2D eigenvalue weighted by molar-refractivity contribution is 5.26. The lowest BCUT2D eigenvalue weighted by Gasteiger charge is -2.35. The van der Waals surface area contributed by atoms with Crippen LogP contribution in [-0.4, -0.2) is 18.2 Å². The van der Waals surface area contributed by atoms with Crippen LogP contribution in [0.3, 0.4) is 0 Å². The summed E-state index contributed by atoms with van der Waals surface area (Å²) in [6.45, 7) is 2.09. The molecular weight excluding hydrogens is 238 g/mol. The van der Waals surface area contributed by atoms with Gasteiger partial charge in [0.1, 0.15) is 0 Å². The fourth-order valence-corrected chi connectivity index (χ4v) is 3.23. The summed E-state index contributed by atoms with van der Waals surface area (Å²) in [6, 6.07) is 2.04. The molecule has 2 atom stereocenters. The van der Waals surface area contributed by atoms with E-state index in [1.165, 1.54) is 37.7 Å². The molecular formula is C15H25N3O. The molecule has 0 amide bonds. The zero-order chi connectivity index (χ0) is 13.7. The number of ether oxygens (including phenoxy) is 1. The van der Waals surface area contributed by atoms with Crippen molar-refractivity contribution in [3.05, 3.63) is 29.6 Å². The second kappa shape index (κ2) is 6.98. The van der Waals surface area contributed by atoms with Gasteiger partial charge in [0.25, 0.3) is 0 Å². The summed E-state index contributed by atoms with van der Waals surface area (Å²) in [6.07, 6.45) is 10.2. The van der Waals surface area contributed by atoms with Gasteiger partial charge in [-0.15, -0.1) is 0 Å². The molecule has 19 heavy (non-hydrogen) atoms. The number of methoxy groups -OCH3 is 1. The topological polar surface area (TPSA) is 60.2 Å². The van der Waals surface area contributed by atoms with Gasteiger partial charge in [-0.2, -0.15) is 0 Å². The lowest BCUT2D eigenvalue weighted by Crippen LogP contribution is -2.42. The van der Waals surface area contributed by atoms with Gasteiger partial charge < -0.3 is 4.74 Å². The van der Waals surface area contributed by atoms with Crippen molar-refractivity contribution in [3.8, 4) is 0 Å². The average Bonchev–Trinajstić information content (AvgIpc) is 2.46. The molecule has 1 fully saturated rings. The maximum absolute atomic E-state index is 5.80. The number of hydrogen-bond acceptors (Lipinski definition) is 4. The van der Waals surface area contributed by atoms with E-state index in [1.54, 1.807) is 7.11 Å². The Kier molecular flexibility index (Phi) is 5.31. The van der Waals surface area contributed by atoms with Crippen molar-refractivity contribution in [2.24, 2.45) is 11.8 Å². The predicted octanol–water partition coefficient (Wildman–Crippen LogP) is 2.49. The van der Waals surface area contributed by atoms with E-state index in [9.17, 15) is 0 Å². The third-order valence-electron chi connectivity index (χ3n) is 4.31. The summed E-state index contributed by atoms with van der Waals surface area (Å²) >= 11 is 0. The first-order valence-electron chi connectivity index (χ1n) is 7.17. The SMILES string of the molecule is COC(C1CCCCC1)C(NN)c1cnccc1C. The molecule has 4 nitrogen and oxygen atoms in total. The largest absolute Gasteiger partial charge is 0.379 e. The first-order valence-corrected chi connectivity index (χ1v) is 7.17. The molecule has 1 aliphatic rings. The minimum Gasteiger partial charge on any atom is -0.379 e. The first-order chi connectivity index (χ1) is 9.27. The standard InChI is InChI=1S/C15H25N3O/c1-11-8-9-17-10-13(11)14(18-16)15(19-2)12-6-4-3-5-7-12/h8-10,12,14-15,18H,3-7,16H2,1-2H3. The molecule has 1 aliphatic carbocycles. The summed E-state index contributed by atoms with van der Waals surface area (Å²) in [5.41, 5.74) is 5.29. The summed E-state index contributed by atoms with van der Waals surface area (Å²) in [5, 5.41) is 0. The quantitative estimate of drug-likeness (QED) is 0.633. The Labute approximate surface area is 115 Å². The van der Waals surface area contributed by atoms with Crippen LogP contribution in [0.1, 0.15) is 49.3 Å². The van der Waals surface area contributed by atoms with Crippen molar-refractivity contribution >= 4 is 0 Å². The van der Waals surface area contributed by atoms with Gasteiger partial charge in [-0.05, 0) is 42.9 Å². The molecule has 0 aliphatic heterocycles. The predicted molar refractivity (Wildman–Crippen MR) is 76.4 cm³/mol. The molecule has 2 rings (SSSR count). The Morgan fingerprint density at radius 2 is 2.11 bits per heavy atom. The highest BCUT2D eigenvalue weighted by atomic mass is 16.5. The molecule has 1 heterocycles. The fraction of sp³-hybridized carbons (Fsp3) is 0.667. The van der Waals surface area contributed by atoms with Gasteiger partial charge in [0.2, 0.25) is 0 Å². The van der Waals surface area contributed by atoms with E-state index in [2.05, 4.69) is 17.3 Å². The number of hydrogen-bond donors (Lipinski definition) is 2. The molecule has 106 valence electrons. The number of rotatable bonds is 5. The van der Waals surface area contributed by atoms with Gasteiger partial charge in [0.05, 0.1) is 12.1 Å². The lowest BCUT2D eigenvalue weighted by molar-refractivity contribution is 0.00726. The van der Waals surface area contributed by atoms with Crippen molar-refractivity contribution in [2.45, 2.75) is 51.2 Å². The zero-order valence-corrected chi connectivity index (χ0v) is 11.9. The molecule has 2 unspecified atom stereocenters. The molecule has 3 N–H and O–H groups in total. The van der Waals surface area contributed by atoms with Crippen molar-refractivity contribution in [2.75, 3.05) is 7.11 Å². The van der Waals surface area contributed by atoms with E-state index in [1.807, 2.05) is 18.5 Å². The summed E-state index contributed by atoms with van der Waals surface area (Å²) in [7, 11) is 1.79. The van der Waals surface area contributed by atoms with Gasteiger partial charge in [0.15, 0.2) is 0 Å². The Balaban J connectivity index is 2.20. The second-order valence-electron chi connectivity index (χ2n) is 5.48. The summed E-state index contributed by atoms with van der Waals surface area (Å²) in [5.74, 6) is 6.38. The highest BCUT2D eigenvalue weighted by Gasteiger charge is 2.31. The van der Waals surface area contributed by atoms with Crippen LogP contribution in [0.2, 0.25) is 0 Å². The van der Waals surface area contributed by atoms with E-state index < -0.39 is 0 Å². The molecule has 4 heteroatoms. The van der Waals surface area contributed by atoms with E-state index >= 15 is 0 Å². The van der Waals surface area contributed by atoms with Crippen LogP contribution in [0.25, 0.3) is 0 Å². The lowest BCUT2D eigenvalue weighted by atomic mass is 9.81. The average molecular weight is 263 g/mol. The smallest absolute Gasteiger partial charge is 0.0807 e. The van der Waals surface area contributed by atoms with E-state index in [-0.39, 0.29) is 12.1 Å². The summed E-state index contributed by atoms with van der Waals surface area (Å²) < 4.78 is 5.78. The normalized spacial score (nSPS) is 20.2. The fourth-order valence-electron chi connectivity index (χ4n) is 3.23. The molecule has 0 spiro atoms. The van der Waals surface area contributed by atoms with E-state index in [0.29, 0.717) is 5.92 Å². The number of aromatic nitrogens is 1. The Bertz CT molecular complexity index is 391. The van der Waals surface area contributed by atoms with Gasteiger partial charge in [0, 0.05) is 19.5 Å². The zero-order valence-electron chi connectivity index (χ0n) is 11.9. The molecule has 0 radical (unpaired) electrons. The molecule has 1 saturated carbocycles. The maximum atomic E-state index is 5.80. The summed E-state index contributed by atoms with van der Waals surface area (Å²) in [4.78, 5) is 4.23.